The Labute approximate surface area is 137 Å². The van der Waals surface area contributed by atoms with Crippen LogP contribution in [0, 0.1) is 0 Å². The summed E-state index contributed by atoms with van der Waals surface area (Å²) in [5.74, 6) is 0.954. The predicted molar refractivity (Wildman–Crippen MR) is 95.3 cm³/mol. The molecule has 23 heavy (non-hydrogen) atoms. The van der Waals surface area contributed by atoms with Crippen LogP contribution in [-0.4, -0.2) is 4.98 Å². The highest BCUT2D eigenvalue weighted by Crippen LogP contribution is 2.43. The Hall–Kier alpha value is -2.61. The van der Waals surface area contributed by atoms with E-state index in [1.165, 1.54) is 12.0 Å². The van der Waals surface area contributed by atoms with Gasteiger partial charge in [-0.25, -0.2) is 4.98 Å². The lowest BCUT2D eigenvalue weighted by Crippen LogP contribution is -2.42. The molecule has 0 saturated heterocycles. The fourth-order valence-electron chi connectivity index (χ4n) is 3.29. The van der Waals surface area contributed by atoms with E-state index in [2.05, 4.69) is 78.1 Å². The van der Waals surface area contributed by atoms with Gasteiger partial charge < -0.3 is 5.32 Å². The zero-order chi connectivity index (χ0) is 15.5. The highest BCUT2D eigenvalue weighted by atomic mass is 15.1. The predicted octanol–water partition coefficient (Wildman–Crippen LogP) is 5.24. The topological polar surface area (TPSA) is 24.9 Å². The Kier molecular flexibility index (Phi) is 3.58. The lowest BCUT2D eigenvalue weighted by Gasteiger charge is -2.43. The first-order valence-electron chi connectivity index (χ1n) is 8.22. The molecule has 1 aliphatic rings. The van der Waals surface area contributed by atoms with Crippen molar-refractivity contribution in [1.82, 2.24) is 4.98 Å². The molecule has 1 aliphatic carbocycles. The van der Waals surface area contributed by atoms with E-state index in [0.29, 0.717) is 0 Å². The molecule has 2 aromatic carbocycles. The fraction of sp³-hybridized carbons (Fsp3) is 0.190. The summed E-state index contributed by atoms with van der Waals surface area (Å²) in [7, 11) is 0. The summed E-state index contributed by atoms with van der Waals surface area (Å²) >= 11 is 0. The number of pyridine rings is 1. The van der Waals surface area contributed by atoms with E-state index in [-0.39, 0.29) is 5.54 Å². The minimum Gasteiger partial charge on any atom is -0.361 e. The molecule has 1 heterocycles. The normalized spacial score (nSPS) is 15.7. The summed E-state index contributed by atoms with van der Waals surface area (Å²) in [4.78, 5) is 4.82. The first-order chi connectivity index (χ1) is 11.4. The molecular weight excluding hydrogens is 280 g/mol. The summed E-state index contributed by atoms with van der Waals surface area (Å²) in [6, 6.07) is 27.3. The molecule has 1 saturated carbocycles. The van der Waals surface area contributed by atoms with Crippen molar-refractivity contribution in [2.75, 3.05) is 5.32 Å². The van der Waals surface area contributed by atoms with Crippen LogP contribution in [0.15, 0.2) is 78.9 Å². The Balaban J connectivity index is 1.64. The third kappa shape index (κ3) is 2.72. The third-order valence-electron chi connectivity index (χ3n) is 4.72. The van der Waals surface area contributed by atoms with Crippen LogP contribution in [0.2, 0.25) is 0 Å². The van der Waals surface area contributed by atoms with Crippen molar-refractivity contribution in [2.24, 2.45) is 0 Å². The second-order valence-electron chi connectivity index (χ2n) is 6.20. The van der Waals surface area contributed by atoms with Crippen LogP contribution in [0.1, 0.15) is 24.8 Å². The van der Waals surface area contributed by atoms with Crippen LogP contribution in [0.4, 0.5) is 5.82 Å². The maximum absolute atomic E-state index is 4.82. The maximum Gasteiger partial charge on any atom is 0.127 e. The monoisotopic (exact) mass is 300 g/mol. The molecule has 0 unspecified atom stereocenters. The minimum absolute atomic E-state index is 0.0452. The number of hydrogen-bond donors (Lipinski definition) is 1. The lowest BCUT2D eigenvalue weighted by molar-refractivity contribution is 0.283. The number of benzene rings is 2. The van der Waals surface area contributed by atoms with E-state index in [9.17, 15) is 0 Å². The Morgan fingerprint density at radius 2 is 1.43 bits per heavy atom. The molecule has 2 heteroatoms. The van der Waals surface area contributed by atoms with Gasteiger partial charge >= 0.3 is 0 Å². The van der Waals surface area contributed by atoms with E-state index in [1.807, 2.05) is 6.07 Å². The van der Waals surface area contributed by atoms with Gasteiger partial charge in [-0.3, -0.25) is 0 Å². The maximum atomic E-state index is 4.82. The third-order valence-corrected chi connectivity index (χ3v) is 4.72. The molecule has 1 aromatic heterocycles. The van der Waals surface area contributed by atoms with E-state index in [0.717, 1.165) is 29.9 Å². The lowest BCUT2D eigenvalue weighted by atomic mass is 9.72. The van der Waals surface area contributed by atoms with Crippen molar-refractivity contribution < 1.29 is 0 Å². The molecule has 0 spiro atoms. The number of hydrogen-bond acceptors (Lipinski definition) is 2. The summed E-state index contributed by atoms with van der Waals surface area (Å²) in [6.45, 7) is 0. The second kappa shape index (κ2) is 5.88. The molecule has 4 rings (SSSR count). The molecule has 0 atom stereocenters. The molecule has 1 fully saturated rings. The highest BCUT2D eigenvalue weighted by Gasteiger charge is 2.38. The standard InChI is InChI=1S/C21H20N2/c1-3-9-17(10-4-1)19-13-7-14-20(22-19)23-21(15-8-16-21)18-11-5-2-6-12-18/h1-7,9-14H,8,15-16H2,(H,22,23). The number of nitrogens with one attached hydrogen (secondary N) is 1. The van der Waals surface area contributed by atoms with E-state index < -0.39 is 0 Å². The van der Waals surface area contributed by atoms with Gasteiger partial charge in [0.05, 0.1) is 11.2 Å². The average Bonchev–Trinajstić information content (AvgIpc) is 2.60. The van der Waals surface area contributed by atoms with Crippen molar-refractivity contribution in [2.45, 2.75) is 24.8 Å². The van der Waals surface area contributed by atoms with E-state index in [4.69, 9.17) is 4.98 Å². The van der Waals surface area contributed by atoms with Crippen LogP contribution in [-0.2, 0) is 5.54 Å². The Morgan fingerprint density at radius 1 is 0.739 bits per heavy atom. The summed E-state index contributed by atoms with van der Waals surface area (Å²) in [5.41, 5.74) is 3.57. The van der Waals surface area contributed by atoms with Gasteiger partial charge in [-0.2, -0.15) is 0 Å². The van der Waals surface area contributed by atoms with Crippen molar-refractivity contribution in [3.05, 3.63) is 84.4 Å². The summed E-state index contributed by atoms with van der Waals surface area (Å²) in [5, 5.41) is 3.71. The van der Waals surface area contributed by atoms with Crippen molar-refractivity contribution in [1.29, 1.82) is 0 Å². The largest absolute Gasteiger partial charge is 0.361 e. The van der Waals surface area contributed by atoms with Crippen molar-refractivity contribution >= 4 is 5.82 Å². The van der Waals surface area contributed by atoms with Crippen LogP contribution >= 0.6 is 0 Å². The van der Waals surface area contributed by atoms with Crippen LogP contribution in [0.25, 0.3) is 11.3 Å². The SMILES string of the molecule is c1ccc(-c2cccc(NC3(c4ccccc4)CCC3)n2)cc1. The molecule has 3 aromatic rings. The van der Waals surface area contributed by atoms with Gasteiger partial charge in [0.25, 0.3) is 0 Å². The molecule has 2 nitrogen and oxygen atoms in total. The first kappa shape index (κ1) is 14.0. The number of nitrogens with zero attached hydrogens (tertiary/aromatic N) is 1. The van der Waals surface area contributed by atoms with Crippen LogP contribution in [0.3, 0.4) is 0 Å². The number of rotatable bonds is 4. The molecule has 0 amide bonds. The quantitative estimate of drug-likeness (QED) is 0.712. The number of aromatic nitrogens is 1. The van der Waals surface area contributed by atoms with Gasteiger partial charge in [-0.15, -0.1) is 0 Å². The smallest absolute Gasteiger partial charge is 0.127 e. The van der Waals surface area contributed by atoms with Gasteiger partial charge in [0, 0.05) is 5.56 Å². The molecule has 0 radical (unpaired) electrons. The molecule has 114 valence electrons. The van der Waals surface area contributed by atoms with Crippen LogP contribution < -0.4 is 5.32 Å². The van der Waals surface area contributed by atoms with Crippen molar-refractivity contribution in [3.8, 4) is 11.3 Å². The number of anilines is 1. The zero-order valence-electron chi connectivity index (χ0n) is 13.1. The summed E-state index contributed by atoms with van der Waals surface area (Å²) in [6.07, 6.45) is 3.59. The van der Waals surface area contributed by atoms with Gasteiger partial charge in [-0.1, -0.05) is 66.7 Å². The van der Waals surface area contributed by atoms with Gasteiger partial charge in [0.15, 0.2) is 0 Å². The molecular formula is C21H20N2. The minimum atomic E-state index is 0.0452. The average molecular weight is 300 g/mol. The second-order valence-corrected chi connectivity index (χ2v) is 6.20. The molecule has 0 bridgehead atoms. The fourth-order valence-corrected chi connectivity index (χ4v) is 3.29. The Bertz CT molecular complexity index is 777. The first-order valence-corrected chi connectivity index (χ1v) is 8.22. The van der Waals surface area contributed by atoms with Crippen LogP contribution in [0.5, 0.6) is 0 Å². The summed E-state index contributed by atoms with van der Waals surface area (Å²) < 4.78 is 0. The van der Waals surface area contributed by atoms with E-state index in [1.54, 1.807) is 0 Å². The Morgan fingerprint density at radius 3 is 2.09 bits per heavy atom. The highest BCUT2D eigenvalue weighted by molar-refractivity contribution is 5.61. The van der Waals surface area contributed by atoms with Gasteiger partial charge in [-0.05, 0) is 37.0 Å². The molecule has 0 aliphatic heterocycles. The zero-order valence-corrected chi connectivity index (χ0v) is 13.1. The molecule has 1 N–H and O–H groups in total. The van der Waals surface area contributed by atoms with Crippen molar-refractivity contribution in [3.63, 3.8) is 0 Å². The van der Waals surface area contributed by atoms with Gasteiger partial charge in [0.2, 0.25) is 0 Å². The van der Waals surface area contributed by atoms with Gasteiger partial charge in [0.1, 0.15) is 5.82 Å². The van der Waals surface area contributed by atoms with E-state index >= 15 is 0 Å².